The van der Waals surface area contributed by atoms with Gasteiger partial charge in [-0.25, -0.2) is 0 Å². The van der Waals surface area contributed by atoms with Crippen molar-refractivity contribution in [2.75, 3.05) is 13.1 Å². The Hall–Kier alpha value is -4.35. The Morgan fingerprint density at radius 1 is 1.09 bits per heavy atom. The van der Waals surface area contributed by atoms with Gasteiger partial charge in [-0.2, -0.15) is 9.78 Å². The molecule has 156 valence electrons. The molecule has 2 aromatic heterocycles. The Morgan fingerprint density at radius 3 is 2.66 bits per heavy atom. The number of nitrogens with zero attached hydrogens (tertiary/aromatic N) is 6. The highest BCUT2D eigenvalue weighted by atomic mass is 16.1. The molecular formula is C24H19N7O. The summed E-state index contributed by atoms with van der Waals surface area (Å²) in [5, 5.41) is 8.93. The Labute approximate surface area is 184 Å². The van der Waals surface area contributed by atoms with Gasteiger partial charge in [0.1, 0.15) is 6.54 Å². The number of hydrogen-bond donors (Lipinski definition) is 1. The summed E-state index contributed by atoms with van der Waals surface area (Å²) in [4.78, 5) is 20.3. The number of aryl methyl sites for hydroxylation is 1. The molecule has 0 radical (unpaired) electrons. The third kappa shape index (κ3) is 3.12. The van der Waals surface area contributed by atoms with Crippen molar-refractivity contribution in [1.82, 2.24) is 19.6 Å². The standard InChI is InChI=1S/C24H19N7O/c1-26-24-20(14-31(29-24)16-6-4-3-5-7-16)23-19(12-28-30(23)2)15-8-9-17-18(10-15)21(11-25)27-13-22(17)32/h3-10,12,14H,11,13,25H2,2H3. The van der Waals surface area contributed by atoms with Crippen molar-refractivity contribution >= 4 is 17.3 Å². The van der Waals surface area contributed by atoms with Crippen molar-refractivity contribution in [3.8, 4) is 28.1 Å². The van der Waals surface area contributed by atoms with Crippen LogP contribution >= 0.6 is 0 Å². The smallest absolute Gasteiger partial charge is 0.305 e. The lowest BCUT2D eigenvalue weighted by Gasteiger charge is -2.16. The average molecular weight is 421 g/mol. The summed E-state index contributed by atoms with van der Waals surface area (Å²) in [6.07, 6.45) is 3.60. The molecule has 3 heterocycles. The first-order valence-corrected chi connectivity index (χ1v) is 10.1. The first kappa shape index (κ1) is 19.6. The third-order valence-corrected chi connectivity index (χ3v) is 5.56. The zero-order valence-electron chi connectivity index (χ0n) is 17.4. The van der Waals surface area contributed by atoms with Crippen LogP contribution < -0.4 is 5.73 Å². The Morgan fingerprint density at radius 2 is 1.91 bits per heavy atom. The van der Waals surface area contributed by atoms with Gasteiger partial charge in [0.15, 0.2) is 5.78 Å². The van der Waals surface area contributed by atoms with E-state index in [0.29, 0.717) is 16.8 Å². The van der Waals surface area contributed by atoms with E-state index in [0.717, 1.165) is 28.1 Å². The van der Waals surface area contributed by atoms with Crippen LogP contribution in [0.2, 0.25) is 0 Å². The summed E-state index contributed by atoms with van der Waals surface area (Å²) >= 11 is 0. The van der Waals surface area contributed by atoms with Gasteiger partial charge < -0.3 is 10.6 Å². The number of ketones is 1. The molecule has 0 unspecified atom stereocenters. The minimum atomic E-state index is -0.0189. The molecule has 0 aliphatic carbocycles. The molecule has 8 heteroatoms. The van der Waals surface area contributed by atoms with Gasteiger partial charge in [-0.15, -0.1) is 0 Å². The normalized spacial score (nSPS) is 12.9. The van der Waals surface area contributed by atoms with Gasteiger partial charge in [0.25, 0.3) is 0 Å². The number of fused-ring (bicyclic) bond motifs is 1. The molecule has 8 nitrogen and oxygen atoms in total. The van der Waals surface area contributed by atoms with Crippen molar-refractivity contribution in [3.63, 3.8) is 0 Å². The van der Waals surface area contributed by atoms with E-state index < -0.39 is 0 Å². The van der Waals surface area contributed by atoms with Crippen LogP contribution in [0.3, 0.4) is 0 Å². The number of para-hydroxylation sites is 1. The Balaban J connectivity index is 1.67. The summed E-state index contributed by atoms with van der Waals surface area (Å²) in [6.45, 7) is 8.05. The van der Waals surface area contributed by atoms with Crippen LogP contribution in [0.25, 0.3) is 32.9 Å². The Kier molecular flexibility index (Phi) is 4.73. The maximum atomic E-state index is 12.3. The molecule has 0 saturated heterocycles. The largest absolute Gasteiger partial charge is 0.358 e. The number of aliphatic imine (C=N–C) groups is 1. The highest BCUT2D eigenvalue weighted by molar-refractivity contribution is 6.16. The predicted octanol–water partition coefficient (Wildman–Crippen LogP) is 3.43. The van der Waals surface area contributed by atoms with E-state index in [1.807, 2.05) is 61.8 Å². The molecular weight excluding hydrogens is 402 g/mol. The van der Waals surface area contributed by atoms with Crippen molar-refractivity contribution in [2.45, 2.75) is 0 Å². The second kappa shape index (κ2) is 7.72. The fourth-order valence-electron chi connectivity index (χ4n) is 4.00. The fraction of sp³-hybridized carbons (Fsp3) is 0.125. The number of benzene rings is 2. The molecule has 1 aliphatic rings. The quantitative estimate of drug-likeness (QED) is 0.511. The van der Waals surface area contributed by atoms with Crippen LogP contribution in [0, 0.1) is 6.57 Å². The maximum Gasteiger partial charge on any atom is 0.305 e. The average Bonchev–Trinajstić information content (AvgIpc) is 3.42. The van der Waals surface area contributed by atoms with Gasteiger partial charge in [-0.05, 0) is 28.9 Å². The number of nitrogens with two attached hydrogens (primary N) is 1. The maximum absolute atomic E-state index is 12.3. The highest BCUT2D eigenvalue weighted by Gasteiger charge is 2.24. The van der Waals surface area contributed by atoms with Gasteiger partial charge in [0, 0.05) is 35.8 Å². The monoisotopic (exact) mass is 421 g/mol. The van der Waals surface area contributed by atoms with Crippen molar-refractivity contribution in [1.29, 1.82) is 0 Å². The molecule has 0 fully saturated rings. The number of aromatic nitrogens is 4. The number of Topliss-reactive ketones (excluding diaryl/α,β-unsaturated/α-hetero) is 1. The number of carbonyl (C=O) groups excluding carboxylic acids is 1. The first-order valence-electron chi connectivity index (χ1n) is 10.1. The van der Waals surface area contributed by atoms with Crippen molar-refractivity contribution in [3.05, 3.63) is 83.5 Å². The van der Waals surface area contributed by atoms with Gasteiger partial charge in [0.2, 0.25) is 0 Å². The highest BCUT2D eigenvalue weighted by Crippen LogP contribution is 2.38. The summed E-state index contributed by atoms with van der Waals surface area (Å²) in [5.74, 6) is 0.269. The lowest BCUT2D eigenvalue weighted by Crippen LogP contribution is -2.24. The number of carbonyl (C=O) groups is 1. The second-order valence-electron chi connectivity index (χ2n) is 7.44. The van der Waals surface area contributed by atoms with E-state index in [1.54, 1.807) is 15.6 Å². The van der Waals surface area contributed by atoms with Gasteiger partial charge in [-0.3, -0.25) is 14.5 Å². The van der Waals surface area contributed by atoms with Crippen LogP contribution in [-0.2, 0) is 7.05 Å². The van der Waals surface area contributed by atoms with E-state index in [2.05, 4.69) is 20.0 Å². The van der Waals surface area contributed by atoms with Crippen LogP contribution in [-0.4, -0.2) is 44.1 Å². The molecule has 0 spiro atoms. The molecule has 0 amide bonds. The minimum absolute atomic E-state index is 0.0189. The molecule has 0 atom stereocenters. The van der Waals surface area contributed by atoms with E-state index in [-0.39, 0.29) is 24.7 Å². The topological polar surface area (TPSA) is 95.4 Å². The van der Waals surface area contributed by atoms with Crippen LogP contribution in [0.15, 0.2) is 65.9 Å². The summed E-state index contributed by atoms with van der Waals surface area (Å²) in [6, 6.07) is 15.3. The molecule has 0 saturated carbocycles. The molecule has 2 N–H and O–H groups in total. The molecule has 1 aliphatic heterocycles. The summed E-state index contributed by atoms with van der Waals surface area (Å²) in [7, 11) is 1.83. The fourth-order valence-corrected chi connectivity index (χ4v) is 4.00. The zero-order chi connectivity index (χ0) is 22.2. The molecule has 4 aromatic rings. The van der Waals surface area contributed by atoms with Crippen LogP contribution in [0.4, 0.5) is 5.82 Å². The van der Waals surface area contributed by atoms with Crippen molar-refractivity contribution < 1.29 is 4.79 Å². The number of rotatable bonds is 4. The number of hydrogen-bond acceptors (Lipinski definition) is 5. The molecule has 5 rings (SSSR count). The molecule has 2 aromatic carbocycles. The lowest BCUT2D eigenvalue weighted by molar-refractivity contribution is 0.1000. The van der Waals surface area contributed by atoms with Gasteiger partial charge >= 0.3 is 5.82 Å². The van der Waals surface area contributed by atoms with E-state index >= 15 is 0 Å². The van der Waals surface area contributed by atoms with Gasteiger partial charge in [0.05, 0.1) is 29.5 Å². The zero-order valence-corrected chi connectivity index (χ0v) is 17.4. The first-order chi connectivity index (χ1) is 15.6. The van der Waals surface area contributed by atoms with Crippen molar-refractivity contribution in [2.24, 2.45) is 17.8 Å². The molecule has 0 bridgehead atoms. The lowest BCUT2D eigenvalue weighted by atomic mass is 9.92. The van der Waals surface area contributed by atoms with Gasteiger partial charge in [-0.1, -0.05) is 36.9 Å². The predicted molar refractivity (Wildman–Crippen MR) is 122 cm³/mol. The minimum Gasteiger partial charge on any atom is -0.358 e. The van der Waals surface area contributed by atoms with E-state index in [4.69, 9.17) is 12.3 Å². The van der Waals surface area contributed by atoms with E-state index in [9.17, 15) is 4.79 Å². The molecule has 32 heavy (non-hydrogen) atoms. The van der Waals surface area contributed by atoms with Crippen LogP contribution in [0.5, 0.6) is 0 Å². The summed E-state index contributed by atoms with van der Waals surface area (Å²) in [5.41, 5.74) is 12.0. The van der Waals surface area contributed by atoms with Crippen LogP contribution in [0.1, 0.15) is 15.9 Å². The second-order valence-corrected chi connectivity index (χ2v) is 7.44. The summed E-state index contributed by atoms with van der Waals surface area (Å²) < 4.78 is 3.43. The SMILES string of the molecule is [C-]#[N+]c1nn(-c2ccccc2)cc1-c1c(-c2ccc3c(c2)C(CN)=NCC3=O)cnn1C. The Bertz CT molecular complexity index is 1420. The third-order valence-electron chi connectivity index (χ3n) is 5.56. The van der Waals surface area contributed by atoms with E-state index in [1.165, 1.54) is 0 Å².